The Morgan fingerprint density at radius 1 is 1.23 bits per heavy atom. The van der Waals surface area contributed by atoms with Crippen LogP contribution >= 0.6 is 0 Å². The molecule has 2 aromatic heterocycles. The summed E-state index contributed by atoms with van der Waals surface area (Å²) in [7, 11) is 0. The number of rotatable bonds is 5. The summed E-state index contributed by atoms with van der Waals surface area (Å²) in [6.45, 7) is -0.198. The average molecular weight is 355 g/mol. The van der Waals surface area contributed by atoms with E-state index >= 15 is 0 Å². The van der Waals surface area contributed by atoms with Gasteiger partial charge >= 0.3 is 0 Å². The lowest BCUT2D eigenvalue weighted by Gasteiger charge is -2.31. The highest BCUT2D eigenvalue weighted by atomic mass is 19.1. The summed E-state index contributed by atoms with van der Waals surface area (Å²) in [5.41, 5.74) is 0.457. The first-order valence-corrected chi connectivity index (χ1v) is 8.52. The molecule has 4 rings (SSSR count). The highest BCUT2D eigenvalue weighted by molar-refractivity contribution is 5.78. The number of carbonyl (C=O) groups is 1. The molecule has 0 aliphatic heterocycles. The van der Waals surface area contributed by atoms with Gasteiger partial charge in [0.2, 0.25) is 5.88 Å². The number of carbonyl (C=O) groups excluding carboxylic acids is 1. The molecule has 8 heteroatoms. The van der Waals surface area contributed by atoms with Crippen molar-refractivity contribution < 1.29 is 13.9 Å². The number of aromatic nitrogens is 4. The van der Waals surface area contributed by atoms with E-state index in [1.807, 2.05) is 0 Å². The Kier molecular flexibility index (Phi) is 4.24. The summed E-state index contributed by atoms with van der Waals surface area (Å²) in [4.78, 5) is 12.5. The summed E-state index contributed by atoms with van der Waals surface area (Å²) >= 11 is 0. The van der Waals surface area contributed by atoms with Crippen molar-refractivity contribution in [2.45, 2.75) is 31.2 Å². The van der Waals surface area contributed by atoms with Crippen LogP contribution in [0, 0.1) is 5.82 Å². The second kappa shape index (κ2) is 6.70. The number of amides is 1. The lowest BCUT2D eigenvalue weighted by molar-refractivity contribution is -0.125. The SMILES string of the molecule is O=C(COc1ccc2nncn2n1)NC1(c2ccccc2F)CCCC1. The fourth-order valence-corrected chi connectivity index (χ4v) is 3.52. The van der Waals surface area contributed by atoms with Gasteiger partial charge in [-0.15, -0.1) is 15.3 Å². The van der Waals surface area contributed by atoms with Crippen LogP contribution in [0.4, 0.5) is 4.39 Å². The summed E-state index contributed by atoms with van der Waals surface area (Å²) in [6, 6.07) is 9.93. The Balaban J connectivity index is 1.46. The zero-order valence-electron chi connectivity index (χ0n) is 14.1. The van der Waals surface area contributed by atoms with E-state index in [1.165, 1.54) is 16.9 Å². The van der Waals surface area contributed by atoms with Gasteiger partial charge < -0.3 is 10.1 Å². The number of nitrogens with zero attached hydrogens (tertiary/aromatic N) is 4. The summed E-state index contributed by atoms with van der Waals surface area (Å²) in [5, 5.41) is 14.7. The van der Waals surface area contributed by atoms with Crippen LogP contribution in [0.5, 0.6) is 5.88 Å². The normalized spacial score (nSPS) is 15.9. The first-order valence-electron chi connectivity index (χ1n) is 8.52. The number of ether oxygens (including phenoxy) is 1. The van der Waals surface area contributed by atoms with Crippen LogP contribution in [0.1, 0.15) is 31.2 Å². The van der Waals surface area contributed by atoms with E-state index in [0.29, 0.717) is 29.9 Å². The van der Waals surface area contributed by atoms with E-state index in [-0.39, 0.29) is 18.3 Å². The molecule has 0 bridgehead atoms. The van der Waals surface area contributed by atoms with Gasteiger partial charge in [0, 0.05) is 11.6 Å². The third-order valence-corrected chi connectivity index (χ3v) is 4.71. The number of hydrogen-bond acceptors (Lipinski definition) is 5. The van der Waals surface area contributed by atoms with Crippen molar-refractivity contribution in [3.8, 4) is 5.88 Å². The second-order valence-corrected chi connectivity index (χ2v) is 6.41. The van der Waals surface area contributed by atoms with Gasteiger partial charge in [-0.3, -0.25) is 4.79 Å². The largest absolute Gasteiger partial charge is 0.467 e. The number of halogens is 1. The minimum Gasteiger partial charge on any atom is -0.467 e. The summed E-state index contributed by atoms with van der Waals surface area (Å²) in [5.74, 6) is -0.310. The Morgan fingerprint density at radius 3 is 2.85 bits per heavy atom. The molecule has 1 saturated carbocycles. The van der Waals surface area contributed by atoms with Crippen molar-refractivity contribution in [1.29, 1.82) is 0 Å². The minimum atomic E-state index is -0.669. The fraction of sp³-hybridized carbons (Fsp3) is 0.333. The molecule has 2 heterocycles. The van der Waals surface area contributed by atoms with Crippen LogP contribution in [-0.4, -0.2) is 32.3 Å². The van der Waals surface area contributed by atoms with Crippen LogP contribution in [0.15, 0.2) is 42.7 Å². The van der Waals surface area contributed by atoms with Gasteiger partial charge in [-0.1, -0.05) is 31.0 Å². The van der Waals surface area contributed by atoms with Crippen molar-refractivity contribution in [2.24, 2.45) is 0 Å². The van der Waals surface area contributed by atoms with E-state index in [9.17, 15) is 9.18 Å². The first kappa shape index (κ1) is 16.4. The Hall–Kier alpha value is -3.03. The molecule has 1 amide bonds. The molecule has 0 atom stereocenters. The Bertz CT molecular complexity index is 936. The Labute approximate surface area is 149 Å². The predicted molar refractivity (Wildman–Crippen MR) is 91.0 cm³/mol. The molecule has 1 aromatic carbocycles. The van der Waals surface area contributed by atoms with Gasteiger partial charge in [0.15, 0.2) is 12.3 Å². The summed E-state index contributed by atoms with van der Waals surface area (Å²) < 4.78 is 21.2. The molecule has 7 nitrogen and oxygen atoms in total. The topological polar surface area (TPSA) is 81.4 Å². The van der Waals surface area contributed by atoms with Crippen molar-refractivity contribution in [2.75, 3.05) is 6.61 Å². The maximum Gasteiger partial charge on any atom is 0.258 e. The third kappa shape index (κ3) is 3.10. The number of fused-ring (bicyclic) bond motifs is 1. The van der Waals surface area contributed by atoms with Crippen molar-refractivity contribution in [3.63, 3.8) is 0 Å². The standard InChI is InChI=1S/C18H18FN5O2/c19-14-6-2-1-5-13(14)18(9-3-4-10-18)21-16(25)11-26-17-8-7-15-22-20-12-24(15)23-17/h1-2,5-8,12H,3-4,9-11H2,(H,21,25). The quantitative estimate of drug-likeness (QED) is 0.759. The number of benzene rings is 1. The third-order valence-electron chi connectivity index (χ3n) is 4.71. The van der Waals surface area contributed by atoms with Crippen molar-refractivity contribution in [1.82, 2.24) is 25.1 Å². The molecule has 0 unspecified atom stereocenters. The zero-order valence-corrected chi connectivity index (χ0v) is 14.1. The number of nitrogens with one attached hydrogen (secondary N) is 1. The maximum atomic E-state index is 14.3. The predicted octanol–water partition coefficient (Wildman–Crippen LogP) is 2.23. The molecule has 1 aliphatic carbocycles. The molecule has 1 fully saturated rings. The smallest absolute Gasteiger partial charge is 0.258 e. The lowest BCUT2D eigenvalue weighted by atomic mass is 9.87. The number of hydrogen-bond donors (Lipinski definition) is 1. The van der Waals surface area contributed by atoms with Gasteiger partial charge in [0.25, 0.3) is 5.91 Å². The van der Waals surface area contributed by atoms with Gasteiger partial charge in [-0.05, 0) is 25.0 Å². The van der Waals surface area contributed by atoms with E-state index in [1.54, 1.807) is 30.3 Å². The van der Waals surface area contributed by atoms with Gasteiger partial charge in [0.1, 0.15) is 12.1 Å². The summed E-state index contributed by atoms with van der Waals surface area (Å²) in [6.07, 6.45) is 4.77. The molecule has 1 N–H and O–H groups in total. The van der Waals surface area contributed by atoms with Crippen LogP contribution < -0.4 is 10.1 Å². The molecule has 0 saturated heterocycles. The van der Waals surface area contributed by atoms with Crippen molar-refractivity contribution >= 4 is 11.6 Å². The second-order valence-electron chi connectivity index (χ2n) is 6.41. The highest BCUT2D eigenvalue weighted by Gasteiger charge is 2.38. The van der Waals surface area contributed by atoms with Crippen LogP contribution in [0.3, 0.4) is 0 Å². The molecule has 0 spiro atoms. The van der Waals surface area contributed by atoms with E-state index < -0.39 is 5.54 Å². The molecule has 1 aliphatic rings. The maximum absolute atomic E-state index is 14.3. The van der Waals surface area contributed by atoms with E-state index in [2.05, 4.69) is 20.6 Å². The first-order chi connectivity index (χ1) is 12.7. The van der Waals surface area contributed by atoms with Gasteiger partial charge in [0.05, 0.1) is 5.54 Å². The molecule has 3 aromatic rings. The van der Waals surface area contributed by atoms with Crippen molar-refractivity contribution in [3.05, 3.63) is 54.1 Å². The monoisotopic (exact) mass is 355 g/mol. The Morgan fingerprint density at radius 2 is 2.04 bits per heavy atom. The highest BCUT2D eigenvalue weighted by Crippen LogP contribution is 2.39. The van der Waals surface area contributed by atoms with Gasteiger partial charge in [-0.2, -0.15) is 4.52 Å². The minimum absolute atomic E-state index is 0.198. The van der Waals surface area contributed by atoms with Gasteiger partial charge in [-0.25, -0.2) is 4.39 Å². The van der Waals surface area contributed by atoms with Crippen LogP contribution in [0.25, 0.3) is 5.65 Å². The molecular weight excluding hydrogens is 337 g/mol. The molecule has 0 radical (unpaired) electrons. The molecule has 26 heavy (non-hydrogen) atoms. The zero-order chi connectivity index (χ0) is 18.0. The van der Waals surface area contributed by atoms with Crippen LogP contribution in [-0.2, 0) is 10.3 Å². The van der Waals surface area contributed by atoms with Crippen LogP contribution in [0.2, 0.25) is 0 Å². The fourth-order valence-electron chi connectivity index (χ4n) is 3.52. The lowest BCUT2D eigenvalue weighted by Crippen LogP contribution is -2.46. The molecule has 134 valence electrons. The average Bonchev–Trinajstić information content (AvgIpc) is 3.29. The van der Waals surface area contributed by atoms with E-state index in [0.717, 1.165) is 12.8 Å². The molecular formula is C18H18FN5O2. The van der Waals surface area contributed by atoms with E-state index in [4.69, 9.17) is 4.74 Å².